The molecule has 0 atom stereocenters. The molecule has 0 bridgehead atoms. The van der Waals surface area contributed by atoms with Crippen molar-refractivity contribution in [3.05, 3.63) is 57.1 Å². The number of halogens is 3. The van der Waals surface area contributed by atoms with E-state index in [1.807, 2.05) is 0 Å². The highest BCUT2D eigenvalue weighted by Gasteiger charge is 2.27. The number of aromatic nitrogens is 2. The zero-order valence-electron chi connectivity index (χ0n) is 12.9. The Kier molecular flexibility index (Phi) is 3.76. The van der Waals surface area contributed by atoms with Crippen LogP contribution in [0.5, 0.6) is 0 Å². The Labute approximate surface area is 142 Å². The van der Waals surface area contributed by atoms with Crippen molar-refractivity contribution < 1.29 is 8.78 Å². The predicted molar refractivity (Wildman–Crippen MR) is 90.4 cm³/mol. The number of allylic oxidation sites excluding steroid dienone is 4. The standard InChI is InChI=1S/C18H15ClF2N2O/c19-16-8-15-10(9-22-16)7-12(17-13(20)5-2-6-14(17)21)18(24)23(15)11-3-1-4-11/h5,7-9,11H,1-4,6H2. The van der Waals surface area contributed by atoms with Gasteiger partial charge in [0, 0.05) is 24.0 Å². The largest absolute Gasteiger partial charge is 0.305 e. The van der Waals surface area contributed by atoms with E-state index < -0.39 is 11.7 Å². The first-order chi connectivity index (χ1) is 11.6. The molecule has 1 saturated carbocycles. The van der Waals surface area contributed by atoms with E-state index in [0.29, 0.717) is 17.3 Å². The van der Waals surface area contributed by atoms with Crippen molar-refractivity contribution in [1.82, 2.24) is 9.55 Å². The molecule has 0 spiro atoms. The summed E-state index contributed by atoms with van der Waals surface area (Å²) in [6.07, 6.45) is 6.07. The molecular weight excluding hydrogens is 334 g/mol. The molecule has 0 unspecified atom stereocenters. The van der Waals surface area contributed by atoms with Crippen LogP contribution in [0.1, 0.15) is 43.7 Å². The third-order valence-corrected chi connectivity index (χ3v) is 5.00. The van der Waals surface area contributed by atoms with Crippen LogP contribution in [-0.4, -0.2) is 9.55 Å². The van der Waals surface area contributed by atoms with Gasteiger partial charge in [-0.25, -0.2) is 13.8 Å². The molecule has 0 aromatic carbocycles. The van der Waals surface area contributed by atoms with Crippen LogP contribution in [0.3, 0.4) is 0 Å². The Morgan fingerprint density at radius 2 is 2.04 bits per heavy atom. The highest BCUT2D eigenvalue weighted by atomic mass is 35.5. The van der Waals surface area contributed by atoms with Gasteiger partial charge in [0.05, 0.1) is 16.7 Å². The summed E-state index contributed by atoms with van der Waals surface area (Å²) in [5, 5.41) is 0.941. The van der Waals surface area contributed by atoms with Crippen LogP contribution in [0.2, 0.25) is 5.15 Å². The molecule has 4 rings (SSSR count). The third-order valence-electron chi connectivity index (χ3n) is 4.79. The van der Waals surface area contributed by atoms with E-state index in [0.717, 1.165) is 19.3 Å². The minimum absolute atomic E-state index is 0.0395. The molecule has 2 aliphatic carbocycles. The maximum absolute atomic E-state index is 14.3. The quantitative estimate of drug-likeness (QED) is 0.707. The summed E-state index contributed by atoms with van der Waals surface area (Å²) < 4.78 is 30.1. The highest BCUT2D eigenvalue weighted by molar-refractivity contribution is 6.30. The van der Waals surface area contributed by atoms with Crippen LogP contribution < -0.4 is 5.56 Å². The van der Waals surface area contributed by atoms with Crippen molar-refractivity contribution in [2.45, 2.75) is 38.1 Å². The molecule has 1 fully saturated rings. The fourth-order valence-electron chi connectivity index (χ4n) is 3.35. The van der Waals surface area contributed by atoms with Crippen LogP contribution in [-0.2, 0) is 0 Å². The van der Waals surface area contributed by atoms with Gasteiger partial charge in [0.25, 0.3) is 5.56 Å². The molecule has 0 radical (unpaired) electrons. The van der Waals surface area contributed by atoms with Crippen LogP contribution in [0.4, 0.5) is 8.78 Å². The minimum atomic E-state index is -0.669. The van der Waals surface area contributed by atoms with Gasteiger partial charge in [-0.2, -0.15) is 0 Å². The first kappa shape index (κ1) is 15.5. The summed E-state index contributed by atoms with van der Waals surface area (Å²) in [5.41, 5.74) is 0.139. The maximum Gasteiger partial charge on any atom is 0.259 e. The number of fused-ring (bicyclic) bond motifs is 1. The first-order valence-corrected chi connectivity index (χ1v) is 8.40. The summed E-state index contributed by atoms with van der Waals surface area (Å²) in [6.45, 7) is 0. The van der Waals surface area contributed by atoms with Gasteiger partial charge in [-0.1, -0.05) is 11.6 Å². The van der Waals surface area contributed by atoms with Crippen LogP contribution in [0, 0.1) is 0 Å². The van der Waals surface area contributed by atoms with E-state index in [1.54, 1.807) is 16.8 Å². The normalized spacial score (nSPS) is 18.7. The fourth-order valence-corrected chi connectivity index (χ4v) is 3.50. The second-order valence-corrected chi connectivity index (χ2v) is 6.64. The number of nitrogens with zero attached hydrogens (tertiary/aromatic N) is 2. The Balaban J connectivity index is 2.04. The van der Waals surface area contributed by atoms with Gasteiger partial charge < -0.3 is 4.57 Å². The highest BCUT2D eigenvalue weighted by Crippen LogP contribution is 2.37. The van der Waals surface area contributed by atoms with Crippen LogP contribution >= 0.6 is 11.6 Å². The van der Waals surface area contributed by atoms with E-state index in [-0.39, 0.29) is 34.3 Å². The van der Waals surface area contributed by atoms with Gasteiger partial charge >= 0.3 is 0 Å². The molecule has 0 saturated heterocycles. The summed E-state index contributed by atoms with van der Waals surface area (Å²) in [7, 11) is 0. The lowest BCUT2D eigenvalue weighted by Gasteiger charge is -2.30. The second-order valence-electron chi connectivity index (χ2n) is 6.25. The average Bonchev–Trinajstić information content (AvgIpc) is 2.49. The molecule has 24 heavy (non-hydrogen) atoms. The van der Waals surface area contributed by atoms with Gasteiger partial charge in [0.15, 0.2) is 0 Å². The van der Waals surface area contributed by atoms with Gasteiger partial charge in [-0.3, -0.25) is 4.79 Å². The summed E-state index contributed by atoms with van der Waals surface area (Å²) in [4.78, 5) is 17.1. The Hall–Kier alpha value is -2.01. The average molecular weight is 349 g/mol. The second kappa shape index (κ2) is 5.81. The number of hydrogen-bond donors (Lipinski definition) is 0. The van der Waals surface area contributed by atoms with Gasteiger partial charge in [0.2, 0.25) is 0 Å². The van der Waals surface area contributed by atoms with Crippen molar-refractivity contribution in [1.29, 1.82) is 0 Å². The van der Waals surface area contributed by atoms with Crippen molar-refractivity contribution in [2.24, 2.45) is 0 Å². The summed E-state index contributed by atoms with van der Waals surface area (Å²) >= 11 is 5.98. The lowest BCUT2D eigenvalue weighted by Crippen LogP contribution is -2.31. The molecule has 2 aromatic rings. The van der Waals surface area contributed by atoms with E-state index in [2.05, 4.69) is 4.98 Å². The zero-order chi connectivity index (χ0) is 16.8. The van der Waals surface area contributed by atoms with Crippen LogP contribution in [0.25, 0.3) is 16.5 Å². The predicted octanol–water partition coefficient (Wildman–Crippen LogP) is 5.10. The fraction of sp³-hybridized carbons (Fsp3) is 0.333. The van der Waals surface area contributed by atoms with Gasteiger partial charge in [0.1, 0.15) is 16.8 Å². The smallest absolute Gasteiger partial charge is 0.259 e. The molecule has 3 nitrogen and oxygen atoms in total. The number of hydrogen-bond acceptors (Lipinski definition) is 2. The number of rotatable bonds is 2. The third kappa shape index (κ3) is 2.38. The number of pyridine rings is 2. The molecular formula is C18H15ClF2N2O. The molecule has 0 N–H and O–H groups in total. The van der Waals surface area contributed by atoms with Crippen molar-refractivity contribution in [3.63, 3.8) is 0 Å². The summed E-state index contributed by atoms with van der Waals surface area (Å²) in [5.74, 6) is -1.24. The Bertz CT molecular complexity index is 957. The summed E-state index contributed by atoms with van der Waals surface area (Å²) in [6, 6.07) is 3.19. The van der Waals surface area contributed by atoms with E-state index in [4.69, 9.17) is 11.6 Å². The van der Waals surface area contributed by atoms with E-state index in [9.17, 15) is 13.6 Å². The first-order valence-electron chi connectivity index (χ1n) is 8.02. The monoisotopic (exact) mass is 348 g/mol. The molecule has 2 aromatic heterocycles. The van der Waals surface area contributed by atoms with Crippen LogP contribution in [0.15, 0.2) is 40.9 Å². The van der Waals surface area contributed by atoms with Crippen molar-refractivity contribution in [3.8, 4) is 0 Å². The minimum Gasteiger partial charge on any atom is -0.305 e. The molecule has 124 valence electrons. The van der Waals surface area contributed by atoms with Crippen molar-refractivity contribution in [2.75, 3.05) is 0 Å². The Morgan fingerprint density at radius 1 is 1.25 bits per heavy atom. The molecule has 2 aliphatic rings. The van der Waals surface area contributed by atoms with Gasteiger partial charge in [-0.15, -0.1) is 0 Å². The lowest BCUT2D eigenvalue weighted by molar-refractivity contribution is 0.314. The zero-order valence-corrected chi connectivity index (χ0v) is 13.6. The van der Waals surface area contributed by atoms with Crippen molar-refractivity contribution >= 4 is 28.1 Å². The lowest BCUT2D eigenvalue weighted by atomic mass is 9.91. The van der Waals surface area contributed by atoms with E-state index in [1.165, 1.54) is 12.1 Å². The van der Waals surface area contributed by atoms with E-state index >= 15 is 0 Å². The molecule has 6 heteroatoms. The molecule has 2 heterocycles. The maximum atomic E-state index is 14.3. The molecule has 0 amide bonds. The Morgan fingerprint density at radius 3 is 2.71 bits per heavy atom. The molecule has 0 aliphatic heterocycles. The SMILES string of the molecule is O=c1c(C2=C(F)CCC=C2F)cc2cnc(Cl)cc2n1C1CCC1. The topological polar surface area (TPSA) is 34.9 Å². The van der Waals surface area contributed by atoms with Gasteiger partial charge in [-0.05, 0) is 43.9 Å².